The lowest BCUT2D eigenvalue weighted by molar-refractivity contribution is 0.159. The van der Waals surface area contributed by atoms with Gasteiger partial charge in [-0.1, -0.05) is 78.2 Å². The zero-order valence-electron chi connectivity index (χ0n) is 25.4. The summed E-state index contributed by atoms with van der Waals surface area (Å²) in [4.78, 5) is 2.44. The van der Waals surface area contributed by atoms with Gasteiger partial charge in [-0.2, -0.15) is 10.6 Å². The van der Waals surface area contributed by atoms with E-state index in [1.54, 1.807) is 0 Å². The summed E-state index contributed by atoms with van der Waals surface area (Å²) in [7, 11) is 0.717. The van der Waals surface area contributed by atoms with Gasteiger partial charge in [0.2, 0.25) is 0 Å². The molecule has 0 aliphatic carbocycles. The molecular formula is C31H65NO2S. The fraction of sp³-hybridized carbons (Fsp3) is 0.871. The van der Waals surface area contributed by atoms with Crippen LogP contribution >= 0.6 is 10.6 Å². The van der Waals surface area contributed by atoms with Gasteiger partial charge in [0.25, 0.3) is 0 Å². The molecule has 0 aromatic heterocycles. The second kappa shape index (κ2) is 26.8. The molecule has 0 aromatic rings. The molecule has 0 bridgehead atoms. The molecule has 0 aromatic carbocycles. The lowest BCUT2D eigenvalue weighted by atomic mass is 10.1. The topological polar surface area (TPSA) is 21.7 Å². The Hall–Kier alpha value is -0.290. The van der Waals surface area contributed by atoms with E-state index in [9.17, 15) is 0 Å². The van der Waals surface area contributed by atoms with Gasteiger partial charge in [0.05, 0.1) is 12.2 Å². The molecule has 4 heteroatoms. The van der Waals surface area contributed by atoms with E-state index in [0.29, 0.717) is 0 Å². The molecule has 0 fully saturated rings. The van der Waals surface area contributed by atoms with Gasteiger partial charge in [-0.3, -0.25) is 8.37 Å². The number of hydrogen-bond donors (Lipinski definition) is 0. The zero-order valence-corrected chi connectivity index (χ0v) is 26.3. The monoisotopic (exact) mass is 515 g/mol. The highest BCUT2D eigenvalue weighted by molar-refractivity contribution is 8.25. The molecule has 212 valence electrons. The first-order chi connectivity index (χ1) is 16.8. The van der Waals surface area contributed by atoms with Crippen LogP contribution in [0.15, 0.2) is 24.3 Å². The lowest BCUT2D eigenvalue weighted by Gasteiger charge is -2.43. The summed E-state index contributed by atoms with van der Waals surface area (Å²) < 4.78 is 13.2. The van der Waals surface area contributed by atoms with Gasteiger partial charge in [-0.15, -0.1) is 0 Å². The third-order valence-electron chi connectivity index (χ3n) is 5.67. The Morgan fingerprint density at radius 2 is 1.23 bits per heavy atom. The molecule has 3 atom stereocenters. The Kier molecular flexibility index (Phi) is 28.2. The average Bonchev–Trinajstić information content (AvgIpc) is 2.79. The minimum atomic E-state index is -1.51. The molecule has 3 unspecified atom stereocenters. The molecule has 0 saturated heterocycles. The van der Waals surface area contributed by atoms with E-state index in [1.165, 1.54) is 64.5 Å². The number of allylic oxidation sites excluding steroid dienone is 4. The molecule has 3 nitrogen and oxygen atoms in total. The van der Waals surface area contributed by atoms with Gasteiger partial charge in [0.1, 0.15) is 0 Å². The van der Waals surface area contributed by atoms with Crippen molar-refractivity contribution in [2.45, 2.75) is 144 Å². The number of rotatable bonds is 22. The summed E-state index contributed by atoms with van der Waals surface area (Å²) >= 11 is 0. The normalized spacial score (nSPS) is 16.3. The van der Waals surface area contributed by atoms with Crippen molar-refractivity contribution in [2.24, 2.45) is 0 Å². The maximum atomic E-state index is 6.63. The first-order valence-corrected chi connectivity index (χ1v) is 16.9. The molecule has 0 aliphatic rings. The fourth-order valence-electron chi connectivity index (χ4n) is 3.84. The van der Waals surface area contributed by atoms with Crippen molar-refractivity contribution >= 4 is 10.6 Å². The SMILES string of the molecule is CC/C=C\CCC(C)OS(C)(CCCCN(C)CCC)OC(C)CC/C=C\CCCCC.CCC. The van der Waals surface area contributed by atoms with Gasteiger partial charge in [-0.25, -0.2) is 0 Å². The summed E-state index contributed by atoms with van der Waals surface area (Å²) in [6, 6.07) is 0. The predicted molar refractivity (Wildman–Crippen MR) is 164 cm³/mol. The Morgan fingerprint density at radius 1 is 0.686 bits per heavy atom. The van der Waals surface area contributed by atoms with Crippen LogP contribution in [0.1, 0.15) is 132 Å². The van der Waals surface area contributed by atoms with Crippen molar-refractivity contribution in [3.05, 3.63) is 24.3 Å². The van der Waals surface area contributed by atoms with Crippen molar-refractivity contribution in [3.8, 4) is 0 Å². The van der Waals surface area contributed by atoms with E-state index in [4.69, 9.17) is 8.37 Å². The predicted octanol–water partition coefficient (Wildman–Crippen LogP) is 10.3. The van der Waals surface area contributed by atoms with Gasteiger partial charge in [-0.05, 0) is 98.2 Å². The summed E-state index contributed by atoms with van der Waals surface area (Å²) in [6.07, 6.45) is 27.4. The lowest BCUT2D eigenvalue weighted by Crippen LogP contribution is -2.23. The molecule has 0 N–H and O–H groups in total. The van der Waals surface area contributed by atoms with Gasteiger partial charge < -0.3 is 4.90 Å². The smallest absolute Gasteiger partial charge is 0.0796 e. The highest BCUT2D eigenvalue weighted by Gasteiger charge is 2.22. The van der Waals surface area contributed by atoms with Crippen LogP contribution in [0.2, 0.25) is 0 Å². The summed E-state index contributed by atoms with van der Waals surface area (Å²) in [5.74, 6) is 1.04. The molecule has 0 spiro atoms. The zero-order chi connectivity index (χ0) is 26.8. The van der Waals surface area contributed by atoms with E-state index in [1.807, 2.05) is 0 Å². The maximum Gasteiger partial charge on any atom is 0.0796 e. The van der Waals surface area contributed by atoms with Crippen LogP contribution in [0.4, 0.5) is 0 Å². The van der Waals surface area contributed by atoms with Crippen LogP contribution in [0.3, 0.4) is 0 Å². The molecule has 0 rings (SSSR count). The average molecular weight is 516 g/mol. The number of nitrogens with zero attached hydrogens (tertiary/aromatic N) is 1. The fourth-order valence-corrected chi connectivity index (χ4v) is 6.39. The Labute approximate surface area is 224 Å². The first kappa shape index (κ1) is 36.9. The third kappa shape index (κ3) is 26.6. The van der Waals surface area contributed by atoms with Crippen LogP contribution in [0.25, 0.3) is 0 Å². The Balaban J connectivity index is 0. The van der Waals surface area contributed by atoms with Crippen LogP contribution in [0, 0.1) is 0 Å². The Morgan fingerprint density at radius 3 is 1.74 bits per heavy atom. The van der Waals surface area contributed by atoms with Crippen molar-refractivity contribution in [3.63, 3.8) is 0 Å². The summed E-state index contributed by atoms with van der Waals surface area (Å²) in [6.45, 7) is 17.7. The van der Waals surface area contributed by atoms with Crippen LogP contribution < -0.4 is 0 Å². The van der Waals surface area contributed by atoms with E-state index in [0.717, 1.165) is 37.9 Å². The second-order valence-corrected chi connectivity index (χ2v) is 12.8. The Bertz CT molecular complexity index is 483. The highest BCUT2D eigenvalue weighted by Crippen LogP contribution is 2.50. The van der Waals surface area contributed by atoms with Crippen molar-refractivity contribution in [1.82, 2.24) is 4.90 Å². The van der Waals surface area contributed by atoms with Crippen molar-refractivity contribution < 1.29 is 8.37 Å². The van der Waals surface area contributed by atoms with Crippen molar-refractivity contribution in [1.29, 1.82) is 0 Å². The van der Waals surface area contributed by atoms with E-state index in [-0.39, 0.29) is 12.2 Å². The molecule has 0 aliphatic heterocycles. The van der Waals surface area contributed by atoms with Crippen molar-refractivity contribution in [2.75, 3.05) is 32.1 Å². The molecule has 0 amide bonds. The summed E-state index contributed by atoms with van der Waals surface area (Å²) in [5.41, 5.74) is 0. The van der Waals surface area contributed by atoms with Crippen LogP contribution in [-0.4, -0.2) is 49.3 Å². The van der Waals surface area contributed by atoms with Crippen LogP contribution in [0.5, 0.6) is 0 Å². The van der Waals surface area contributed by atoms with Gasteiger partial charge >= 0.3 is 0 Å². The standard InChI is InChI=1S/C28H57NO2S.C3H8/c1-8-11-13-15-16-17-19-23-28(5)31-32(7,26-21-20-25-29(6)24-10-3)30-27(4)22-18-14-12-9-2;1-3-2/h12,14,16-17,27-28H,8-11,13,15,18-26H2,1-7H3;3H2,1-2H3/b14-12-,17-16-;. The van der Waals surface area contributed by atoms with Gasteiger partial charge in [0, 0.05) is 12.0 Å². The molecule has 35 heavy (non-hydrogen) atoms. The summed E-state index contributed by atoms with van der Waals surface area (Å²) in [5, 5.41) is 0. The minimum absolute atomic E-state index is 0.241. The number of unbranched alkanes of at least 4 members (excludes halogenated alkanes) is 4. The molecule has 0 saturated carbocycles. The largest absolute Gasteiger partial charge is 0.306 e. The van der Waals surface area contributed by atoms with Gasteiger partial charge in [0.15, 0.2) is 0 Å². The molecule has 0 radical (unpaired) electrons. The first-order valence-electron chi connectivity index (χ1n) is 14.9. The maximum absolute atomic E-state index is 6.63. The quantitative estimate of drug-likeness (QED) is 0.106. The van der Waals surface area contributed by atoms with Crippen LogP contribution in [-0.2, 0) is 8.37 Å². The van der Waals surface area contributed by atoms with E-state index in [2.05, 4.69) is 91.0 Å². The molecular weight excluding hydrogens is 450 g/mol. The third-order valence-corrected chi connectivity index (χ3v) is 8.17. The highest BCUT2D eigenvalue weighted by atomic mass is 32.3. The number of hydrogen-bond acceptors (Lipinski definition) is 3. The molecule has 0 heterocycles. The second-order valence-electron chi connectivity index (χ2n) is 10.2. The minimum Gasteiger partial charge on any atom is -0.306 e. The van der Waals surface area contributed by atoms with E-state index >= 15 is 0 Å². The van der Waals surface area contributed by atoms with E-state index < -0.39 is 10.6 Å².